The quantitative estimate of drug-likeness (QED) is 0.723. The monoisotopic (exact) mass is 211 g/mol. The molecular formula is C11H17NO3. The number of carbonyl (C=O) groups is 1. The summed E-state index contributed by atoms with van der Waals surface area (Å²) in [6, 6.07) is 0. The molecule has 0 bridgehead atoms. The molecule has 1 aliphatic carbocycles. The van der Waals surface area contributed by atoms with Crippen LogP contribution in [-0.2, 0) is 9.63 Å². The summed E-state index contributed by atoms with van der Waals surface area (Å²) in [7, 11) is 0. The van der Waals surface area contributed by atoms with Gasteiger partial charge in [-0.05, 0) is 31.1 Å². The lowest BCUT2D eigenvalue weighted by atomic mass is 9.68. The zero-order chi connectivity index (χ0) is 11.1. The fourth-order valence-electron chi connectivity index (χ4n) is 2.80. The Labute approximate surface area is 89.3 Å². The van der Waals surface area contributed by atoms with E-state index in [0.717, 1.165) is 19.3 Å². The lowest BCUT2D eigenvalue weighted by Gasteiger charge is -2.40. The molecule has 2 rings (SSSR count). The lowest BCUT2D eigenvalue weighted by Crippen LogP contribution is -2.39. The maximum Gasteiger partial charge on any atom is 0.353 e. The van der Waals surface area contributed by atoms with Crippen LogP contribution >= 0.6 is 0 Å². The van der Waals surface area contributed by atoms with E-state index in [0.29, 0.717) is 6.42 Å². The lowest BCUT2D eigenvalue weighted by molar-refractivity contribution is -0.129. The van der Waals surface area contributed by atoms with Crippen molar-refractivity contribution < 1.29 is 14.7 Å². The summed E-state index contributed by atoms with van der Waals surface area (Å²) in [6.07, 6.45) is 4.57. The summed E-state index contributed by atoms with van der Waals surface area (Å²) >= 11 is 0. The largest absolute Gasteiger partial charge is 0.477 e. The van der Waals surface area contributed by atoms with Gasteiger partial charge in [0.15, 0.2) is 5.71 Å². The minimum Gasteiger partial charge on any atom is -0.477 e. The van der Waals surface area contributed by atoms with Gasteiger partial charge in [0.05, 0.1) is 0 Å². The SMILES string of the molecule is CC1(C)CCCC2(CC(C(=O)O)=NO2)C1. The van der Waals surface area contributed by atoms with Crippen molar-refractivity contribution in [2.45, 2.75) is 51.6 Å². The van der Waals surface area contributed by atoms with Gasteiger partial charge in [-0.15, -0.1) is 0 Å². The minimum absolute atomic E-state index is 0.174. The van der Waals surface area contributed by atoms with Crippen LogP contribution in [0.5, 0.6) is 0 Å². The highest BCUT2D eigenvalue weighted by molar-refractivity contribution is 6.36. The molecular weight excluding hydrogens is 194 g/mol. The van der Waals surface area contributed by atoms with E-state index in [1.54, 1.807) is 0 Å². The maximum atomic E-state index is 10.8. The minimum atomic E-state index is -0.949. The van der Waals surface area contributed by atoms with Crippen LogP contribution in [0.15, 0.2) is 5.16 Å². The van der Waals surface area contributed by atoms with Crippen LogP contribution in [0, 0.1) is 5.41 Å². The number of nitrogens with zero attached hydrogens (tertiary/aromatic N) is 1. The maximum absolute atomic E-state index is 10.8. The van der Waals surface area contributed by atoms with Crippen molar-refractivity contribution in [3.63, 3.8) is 0 Å². The van der Waals surface area contributed by atoms with Crippen molar-refractivity contribution >= 4 is 11.7 Å². The van der Waals surface area contributed by atoms with Gasteiger partial charge < -0.3 is 9.94 Å². The van der Waals surface area contributed by atoms with Crippen LogP contribution in [0.3, 0.4) is 0 Å². The van der Waals surface area contributed by atoms with E-state index >= 15 is 0 Å². The Morgan fingerprint density at radius 2 is 2.20 bits per heavy atom. The van der Waals surface area contributed by atoms with Gasteiger partial charge in [0.1, 0.15) is 5.60 Å². The summed E-state index contributed by atoms with van der Waals surface area (Å²) < 4.78 is 0. The Kier molecular flexibility index (Phi) is 2.24. The van der Waals surface area contributed by atoms with E-state index in [4.69, 9.17) is 9.94 Å². The average Bonchev–Trinajstić information content (AvgIpc) is 2.46. The van der Waals surface area contributed by atoms with Crippen molar-refractivity contribution in [2.75, 3.05) is 0 Å². The second kappa shape index (κ2) is 3.22. The molecule has 1 saturated carbocycles. The zero-order valence-electron chi connectivity index (χ0n) is 9.25. The Morgan fingerprint density at radius 1 is 1.47 bits per heavy atom. The molecule has 2 aliphatic rings. The third-order valence-electron chi connectivity index (χ3n) is 3.37. The van der Waals surface area contributed by atoms with Crippen LogP contribution < -0.4 is 0 Å². The molecule has 1 spiro atoms. The molecule has 0 saturated heterocycles. The summed E-state index contributed by atoms with van der Waals surface area (Å²) in [5.74, 6) is -0.949. The van der Waals surface area contributed by atoms with Gasteiger partial charge >= 0.3 is 5.97 Å². The second-order valence-corrected chi connectivity index (χ2v) is 5.49. The van der Waals surface area contributed by atoms with Crippen LogP contribution in [0.1, 0.15) is 46.0 Å². The van der Waals surface area contributed by atoms with Crippen LogP contribution in [0.25, 0.3) is 0 Å². The van der Waals surface area contributed by atoms with Gasteiger partial charge in [-0.3, -0.25) is 0 Å². The van der Waals surface area contributed by atoms with E-state index in [1.807, 2.05) is 0 Å². The Morgan fingerprint density at radius 3 is 2.73 bits per heavy atom. The first-order valence-electron chi connectivity index (χ1n) is 5.41. The highest BCUT2D eigenvalue weighted by Gasteiger charge is 2.47. The summed E-state index contributed by atoms with van der Waals surface area (Å²) in [4.78, 5) is 16.2. The van der Waals surface area contributed by atoms with Crippen LogP contribution in [-0.4, -0.2) is 22.4 Å². The van der Waals surface area contributed by atoms with Gasteiger partial charge in [-0.1, -0.05) is 19.0 Å². The van der Waals surface area contributed by atoms with Crippen molar-refractivity contribution in [3.8, 4) is 0 Å². The smallest absolute Gasteiger partial charge is 0.353 e. The molecule has 0 amide bonds. The molecule has 4 heteroatoms. The molecule has 84 valence electrons. The van der Waals surface area contributed by atoms with Crippen molar-refractivity contribution in [3.05, 3.63) is 0 Å². The average molecular weight is 211 g/mol. The number of hydrogen-bond donors (Lipinski definition) is 1. The molecule has 1 unspecified atom stereocenters. The predicted molar refractivity (Wildman–Crippen MR) is 55.8 cm³/mol. The van der Waals surface area contributed by atoms with E-state index < -0.39 is 5.97 Å². The number of rotatable bonds is 1. The summed E-state index contributed by atoms with van der Waals surface area (Å²) in [6.45, 7) is 4.41. The predicted octanol–water partition coefficient (Wildman–Crippen LogP) is 2.19. The van der Waals surface area contributed by atoms with Crippen molar-refractivity contribution in [1.82, 2.24) is 0 Å². The fraction of sp³-hybridized carbons (Fsp3) is 0.818. The number of oxime groups is 1. The molecule has 1 heterocycles. The number of carboxylic acids is 1. The second-order valence-electron chi connectivity index (χ2n) is 5.49. The first-order chi connectivity index (χ1) is 6.93. The molecule has 1 N–H and O–H groups in total. The van der Waals surface area contributed by atoms with Gasteiger partial charge in [0, 0.05) is 6.42 Å². The number of aliphatic carboxylic acids is 1. The summed E-state index contributed by atoms with van der Waals surface area (Å²) in [5.41, 5.74) is 0.0877. The molecule has 1 aliphatic heterocycles. The highest BCUT2D eigenvalue weighted by Crippen LogP contribution is 2.46. The molecule has 4 nitrogen and oxygen atoms in total. The Hall–Kier alpha value is -1.06. The first kappa shape index (κ1) is 10.5. The Balaban J connectivity index is 2.09. The normalized spacial score (nSPS) is 33.6. The van der Waals surface area contributed by atoms with Crippen molar-refractivity contribution in [1.29, 1.82) is 0 Å². The van der Waals surface area contributed by atoms with E-state index in [2.05, 4.69) is 19.0 Å². The standard InChI is InChI=1S/C11H17NO3/c1-10(2)4-3-5-11(7-10)6-8(9(13)14)12-15-11/h3-7H2,1-2H3,(H,13,14). The topological polar surface area (TPSA) is 58.9 Å². The molecule has 1 fully saturated rings. The Bertz CT molecular complexity index is 322. The molecule has 0 aromatic heterocycles. The van der Waals surface area contributed by atoms with Crippen LogP contribution in [0.4, 0.5) is 0 Å². The van der Waals surface area contributed by atoms with Gasteiger partial charge in [-0.2, -0.15) is 0 Å². The third kappa shape index (κ3) is 1.98. The number of carboxylic acid groups (broad SMARTS) is 1. The van der Waals surface area contributed by atoms with Gasteiger partial charge in [0.2, 0.25) is 0 Å². The van der Waals surface area contributed by atoms with Gasteiger partial charge in [0.25, 0.3) is 0 Å². The van der Waals surface area contributed by atoms with E-state index in [1.165, 1.54) is 6.42 Å². The first-order valence-corrected chi connectivity index (χ1v) is 5.41. The van der Waals surface area contributed by atoms with Crippen molar-refractivity contribution in [2.24, 2.45) is 10.6 Å². The van der Waals surface area contributed by atoms with Crippen LogP contribution in [0.2, 0.25) is 0 Å². The van der Waals surface area contributed by atoms with E-state index in [-0.39, 0.29) is 16.7 Å². The molecule has 0 aromatic rings. The molecule has 0 radical (unpaired) electrons. The molecule has 0 aromatic carbocycles. The zero-order valence-corrected chi connectivity index (χ0v) is 9.25. The number of hydrogen-bond acceptors (Lipinski definition) is 3. The fourth-order valence-corrected chi connectivity index (χ4v) is 2.80. The van der Waals surface area contributed by atoms with E-state index in [9.17, 15) is 4.79 Å². The molecule has 15 heavy (non-hydrogen) atoms. The molecule has 1 atom stereocenters. The third-order valence-corrected chi connectivity index (χ3v) is 3.37. The van der Waals surface area contributed by atoms with Gasteiger partial charge in [-0.25, -0.2) is 4.79 Å². The summed E-state index contributed by atoms with van der Waals surface area (Å²) in [5, 5.41) is 12.5. The highest BCUT2D eigenvalue weighted by atomic mass is 16.7.